The van der Waals surface area contributed by atoms with Crippen LogP contribution < -0.4 is 10.2 Å². The molecule has 0 spiro atoms. The van der Waals surface area contributed by atoms with Gasteiger partial charge in [-0.2, -0.15) is 0 Å². The van der Waals surface area contributed by atoms with Crippen molar-refractivity contribution in [2.45, 2.75) is 32.9 Å². The number of benzene rings is 1. The number of para-hydroxylation sites is 1. The van der Waals surface area contributed by atoms with Crippen LogP contribution in [0.4, 0.5) is 10.1 Å². The third-order valence-corrected chi connectivity index (χ3v) is 2.64. The molecule has 0 aromatic heterocycles. The molecular formula is C14H23FN2O. The zero-order valence-corrected chi connectivity index (χ0v) is 11.6. The molecule has 1 rings (SSSR count). The summed E-state index contributed by atoms with van der Waals surface area (Å²) >= 11 is 0. The summed E-state index contributed by atoms with van der Waals surface area (Å²) in [5.74, 6) is -0.253. The SMILES string of the molecule is CCNCc1cccc(F)c1N(C)CC(C)(C)O. The minimum absolute atomic E-state index is 0.253. The zero-order chi connectivity index (χ0) is 13.8. The van der Waals surface area contributed by atoms with Gasteiger partial charge in [-0.25, -0.2) is 4.39 Å². The van der Waals surface area contributed by atoms with Crippen molar-refractivity contribution in [1.29, 1.82) is 0 Å². The van der Waals surface area contributed by atoms with E-state index in [1.54, 1.807) is 31.9 Å². The third-order valence-electron chi connectivity index (χ3n) is 2.64. The van der Waals surface area contributed by atoms with Crippen molar-refractivity contribution in [1.82, 2.24) is 5.32 Å². The fourth-order valence-electron chi connectivity index (χ4n) is 2.05. The molecule has 2 N–H and O–H groups in total. The van der Waals surface area contributed by atoms with E-state index in [2.05, 4.69) is 5.32 Å². The first-order chi connectivity index (χ1) is 8.35. The van der Waals surface area contributed by atoms with Crippen molar-refractivity contribution >= 4 is 5.69 Å². The van der Waals surface area contributed by atoms with E-state index in [-0.39, 0.29) is 5.82 Å². The van der Waals surface area contributed by atoms with Gasteiger partial charge in [0.25, 0.3) is 0 Å². The van der Waals surface area contributed by atoms with E-state index in [1.165, 1.54) is 6.07 Å². The highest BCUT2D eigenvalue weighted by Crippen LogP contribution is 2.24. The standard InChI is InChI=1S/C14H23FN2O/c1-5-16-9-11-7-6-8-12(15)13(11)17(4)10-14(2,3)18/h6-8,16,18H,5,9-10H2,1-4H3. The van der Waals surface area contributed by atoms with Gasteiger partial charge < -0.3 is 15.3 Å². The van der Waals surface area contributed by atoms with E-state index in [0.717, 1.165) is 12.1 Å². The smallest absolute Gasteiger partial charge is 0.146 e. The maximum absolute atomic E-state index is 14.0. The van der Waals surface area contributed by atoms with Gasteiger partial charge in [-0.3, -0.25) is 0 Å². The third kappa shape index (κ3) is 4.27. The number of likely N-dealkylation sites (N-methyl/N-ethyl adjacent to an activating group) is 1. The lowest BCUT2D eigenvalue weighted by Crippen LogP contribution is -2.37. The van der Waals surface area contributed by atoms with E-state index in [0.29, 0.717) is 18.8 Å². The Morgan fingerprint density at radius 2 is 2.06 bits per heavy atom. The molecule has 102 valence electrons. The monoisotopic (exact) mass is 254 g/mol. The van der Waals surface area contributed by atoms with Crippen LogP contribution in [0.3, 0.4) is 0 Å². The molecule has 0 aliphatic rings. The summed E-state index contributed by atoms with van der Waals surface area (Å²) in [4.78, 5) is 1.77. The molecular weight excluding hydrogens is 231 g/mol. The molecule has 4 heteroatoms. The first-order valence-corrected chi connectivity index (χ1v) is 6.26. The Morgan fingerprint density at radius 3 is 2.61 bits per heavy atom. The zero-order valence-electron chi connectivity index (χ0n) is 11.6. The van der Waals surface area contributed by atoms with Gasteiger partial charge in [-0.1, -0.05) is 19.1 Å². The van der Waals surface area contributed by atoms with Crippen molar-refractivity contribution in [3.8, 4) is 0 Å². The Kier molecular flexibility index (Phi) is 5.11. The fourth-order valence-corrected chi connectivity index (χ4v) is 2.05. The van der Waals surface area contributed by atoms with Crippen LogP contribution in [0.5, 0.6) is 0 Å². The lowest BCUT2D eigenvalue weighted by atomic mass is 10.1. The topological polar surface area (TPSA) is 35.5 Å². The molecule has 0 heterocycles. The predicted molar refractivity (Wildman–Crippen MR) is 73.3 cm³/mol. The number of nitrogens with zero attached hydrogens (tertiary/aromatic N) is 1. The highest BCUT2D eigenvalue weighted by atomic mass is 19.1. The molecule has 18 heavy (non-hydrogen) atoms. The normalized spacial score (nSPS) is 11.7. The molecule has 0 bridgehead atoms. The van der Waals surface area contributed by atoms with Gasteiger partial charge in [0.2, 0.25) is 0 Å². The maximum atomic E-state index is 14.0. The Balaban J connectivity index is 2.97. The first-order valence-electron chi connectivity index (χ1n) is 6.26. The van der Waals surface area contributed by atoms with Gasteiger partial charge in [-0.15, -0.1) is 0 Å². The average molecular weight is 254 g/mol. The number of aliphatic hydroxyl groups is 1. The predicted octanol–water partition coefficient (Wildman–Crippen LogP) is 2.14. The fraction of sp³-hybridized carbons (Fsp3) is 0.571. The summed E-state index contributed by atoms with van der Waals surface area (Å²) < 4.78 is 14.0. The van der Waals surface area contributed by atoms with Gasteiger partial charge in [0.15, 0.2) is 0 Å². The quantitative estimate of drug-likeness (QED) is 0.816. The number of rotatable bonds is 6. The van der Waals surface area contributed by atoms with Crippen molar-refractivity contribution in [3.63, 3.8) is 0 Å². The molecule has 3 nitrogen and oxygen atoms in total. The molecule has 1 aromatic rings. The van der Waals surface area contributed by atoms with Crippen LogP contribution in [-0.2, 0) is 6.54 Å². The van der Waals surface area contributed by atoms with Gasteiger partial charge in [0, 0.05) is 20.1 Å². The van der Waals surface area contributed by atoms with Gasteiger partial charge in [0.1, 0.15) is 5.82 Å². The number of anilines is 1. The minimum Gasteiger partial charge on any atom is -0.389 e. The molecule has 0 aliphatic heterocycles. The molecule has 0 unspecified atom stereocenters. The van der Waals surface area contributed by atoms with Crippen molar-refractivity contribution in [3.05, 3.63) is 29.6 Å². The Bertz CT molecular complexity index is 388. The van der Waals surface area contributed by atoms with Crippen LogP contribution in [0.1, 0.15) is 26.3 Å². The number of hydrogen-bond acceptors (Lipinski definition) is 3. The van der Waals surface area contributed by atoms with Crippen LogP contribution in [-0.4, -0.2) is 30.8 Å². The van der Waals surface area contributed by atoms with E-state index >= 15 is 0 Å². The van der Waals surface area contributed by atoms with Gasteiger partial charge >= 0.3 is 0 Å². The lowest BCUT2D eigenvalue weighted by Gasteiger charge is -2.29. The summed E-state index contributed by atoms with van der Waals surface area (Å²) in [5.41, 5.74) is 0.608. The Labute approximate surface area is 109 Å². The summed E-state index contributed by atoms with van der Waals surface area (Å²) in [5, 5.41) is 13.0. The molecule has 0 aliphatic carbocycles. The minimum atomic E-state index is -0.855. The highest BCUT2D eigenvalue weighted by molar-refractivity contribution is 5.54. The van der Waals surface area contributed by atoms with Crippen LogP contribution in [0.25, 0.3) is 0 Å². The van der Waals surface area contributed by atoms with E-state index < -0.39 is 5.60 Å². The van der Waals surface area contributed by atoms with E-state index in [9.17, 15) is 9.50 Å². The van der Waals surface area contributed by atoms with Crippen LogP contribution in [0.2, 0.25) is 0 Å². The second kappa shape index (κ2) is 6.16. The van der Waals surface area contributed by atoms with Crippen molar-refractivity contribution in [2.24, 2.45) is 0 Å². The van der Waals surface area contributed by atoms with Crippen molar-refractivity contribution in [2.75, 3.05) is 25.0 Å². The average Bonchev–Trinajstić information content (AvgIpc) is 2.23. The Morgan fingerprint density at radius 1 is 1.39 bits per heavy atom. The molecule has 0 fully saturated rings. The summed E-state index contributed by atoms with van der Waals surface area (Å²) in [6.45, 7) is 7.29. The Hall–Kier alpha value is -1.13. The molecule has 1 aromatic carbocycles. The van der Waals surface area contributed by atoms with Crippen LogP contribution in [0, 0.1) is 5.82 Å². The molecule has 0 amide bonds. The molecule has 0 saturated carbocycles. The first kappa shape index (κ1) is 14.9. The molecule has 0 radical (unpaired) electrons. The molecule has 0 atom stereocenters. The lowest BCUT2D eigenvalue weighted by molar-refractivity contribution is 0.0884. The molecule has 0 saturated heterocycles. The number of nitrogens with one attached hydrogen (secondary N) is 1. The maximum Gasteiger partial charge on any atom is 0.146 e. The largest absolute Gasteiger partial charge is 0.389 e. The van der Waals surface area contributed by atoms with Gasteiger partial charge in [-0.05, 0) is 32.0 Å². The highest BCUT2D eigenvalue weighted by Gasteiger charge is 2.20. The number of hydrogen-bond donors (Lipinski definition) is 2. The summed E-state index contributed by atoms with van der Waals surface area (Å²) in [6.07, 6.45) is 0. The number of halogens is 1. The van der Waals surface area contributed by atoms with Gasteiger partial charge in [0.05, 0.1) is 11.3 Å². The second-order valence-corrected chi connectivity index (χ2v) is 5.20. The summed E-state index contributed by atoms with van der Waals surface area (Å²) in [7, 11) is 1.80. The van der Waals surface area contributed by atoms with Crippen LogP contribution >= 0.6 is 0 Å². The second-order valence-electron chi connectivity index (χ2n) is 5.20. The van der Waals surface area contributed by atoms with E-state index in [4.69, 9.17) is 0 Å². The summed E-state index contributed by atoms with van der Waals surface area (Å²) in [6, 6.07) is 5.07. The van der Waals surface area contributed by atoms with Crippen LogP contribution in [0.15, 0.2) is 18.2 Å². The van der Waals surface area contributed by atoms with Crippen molar-refractivity contribution < 1.29 is 9.50 Å². The van der Waals surface area contributed by atoms with E-state index in [1.807, 2.05) is 13.0 Å².